The van der Waals surface area contributed by atoms with Gasteiger partial charge in [0, 0.05) is 19.2 Å². The van der Waals surface area contributed by atoms with Crippen LogP contribution in [0.25, 0.3) is 0 Å². The van der Waals surface area contributed by atoms with E-state index in [4.69, 9.17) is 4.74 Å². The van der Waals surface area contributed by atoms with E-state index in [9.17, 15) is 10.2 Å². The van der Waals surface area contributed by atoms with E-state index in [1.807, 2.05) is 30.3 Å². The van der Waals surface area contributed by atoms with Gasteiger partial charge < -0.3 is 14.9 Å². The molecule has 0 saturated carbocycles. The molecule has 152 valence electrons. The molecule has 1 aliphatic rings. The van der Waals surface area contributed by atoms with Crippen LogP contribution in [0.15, 0.2) is 54.6 Å². The average Bonchev–Trinajstić information content (AvgIpc) is 2.72. The summed E-state index contributed by atoms with van der Waals surface area (Å²) in [6.45, 7) is 4.17. The Morgan fingerprint density at radius 3 is 2.57 bits per heavy atom. The minimum Gasteiger partial charge on any atom is -0.396 e. The Morgan fingerprint density at radius 2 is 1.82 bits per heavy atom. The summed E-state index contributed by atoms with van der Waals surface area (Å²) < 4.78 is 6.27. The topological polar surface area (TPSA) is 52.9 Å². The van der Waals surface area contributed by atoms with Crippen molar-refractivity contribution in [1.29, 1.82) is 0 Å². The average molecular weight is 384 g/mol. The first-order valence-electron chi connectivity index (χ1n) is 10.4. The minimum absolute atomic E-state index is 0.188. The zero-order valence-electron chi connectivity index (χ0n) is 16.8. The summed E-state index contributed by atoms with van der Waals surface area (Å²) in [6.07, 6.45) is 3.51. The number of aryl methyl sites for hydroxylation is 1. The smallest absolute Gasteiger partial charge is 0.108 e. The van der Waals surface area contributed by atoms with Crippen LogP contribution in [-0.2, 0) is 4.74 Å². The highest BCUT2D eigenvalue weighted by Crippen LogP contribution is 2.28. The van der Waals surface area contributed by atoms with Crippen LogP contribution >= 0.6 is 0 Å². The molecule has 1 aliphatic heterocycles. The van der Waals surface area contributed by atoms with Crippen molar-refractivity contribution in [3.63, 3.8) is 0 Å². The highest BCUT2D eigenvalue weighted by atomic mass is 16.5. The van der Waals surface area contributed by atoms with E-state index in [0.29, 0.717) is 12.6 Å². The number of aliphatic hydroxyl groups is 2. The van der Waals surface area contributed by atoms with Crippen LogP contribution in [0, 0.1) is 6.92 Å². The Morgan fingerprint density at radius 1 is 1.07 bits per heavy atom. The van der Waals surface area contributed by atoms with Crippen molar-refractivity contribution in [1.82, 2.24) is 4.90 Å². The maximum absolute atomic E-state index is 10.7. The molecule has 2 aromatic carbocycles. The molecule has 3 rings (SSSR count). The Labute approximate surface area is 168 Å². The third kappa shape index (κ3) is 5.65. The van der Waals surface area contributed by atoms with Crippen LogP contribution in [0.2, 0.25) is 0 Å². The van der Waals surface area contributed by atoms with Crippen molar-refractivity contribution in [2.45, 2.75) is 50.9 Å². The maximum atomic E-state index is 10.7. The molecule has 0 spiro atoms. The van der Waals surface area contributed by atoms with Gasteiger partial charge in [0.2, 0.25) is 0 Å². The number of piperidine rings is 1. The Balaban J connectivity index is 1.65. The van der Waals surface area contributed by atoms with E-state index >= 15 is 0 Å². The predicted molar refractivity (Wildman–Crippen MR) is 112 cm³/mol. The van der Waals surface area contributed by atoms with E-state index in [1.54, 1.807) is 0 Å². The van der Waals surface area contributed by atoms with Crippen LogP contribution in [0.3, 0.4) is 0 Å². The van der Waals surface area contributed by atoms with Gasteiger partial charge in [0.1, 0.15) is 6.10 Å². The first-order valence-corrected chi connectivity index (χ1v) is 10.4. The standard InChI is InChI=1S/C24H33NO3/c1-19-9-5-6-13-23(19)24(20-10-3-2-4-11-20)28-18-22(27)17-25-15-8-7-12-21(25)14-16-26/h2-6,9-11,13,21-22,24,26-27H,7-8,12,14-18H2,1H3/t21-,22-,24-/m1/s1. The lowest BCUT2D eigenvalue weighted by molar-refractivity contribution is -0.0205. The molecule has 4 nitrogen and oxygen atoms in total. The molecule has 0 aromatic heterocycles. The summed E-state index contributed by atoms with van der Waals surface area (Å²) in [5, 5.41) is 20.0. The highest BCUT2D eigenvalue weighted by Gasteiger charge is 2.25. The van der Waals surface area contributed by atoms with Gasteiger partial charge in [-0.25, -0.2) is 0 Å². The van der Waals surface area contributed by atoms with Gasteiger partial charge in [-0.2, -0.15) is 0 Å². The SMILES string of the molecule is Cc1ccccc1[C@H](OC[C@H](O)CN1CCCC[C@@H]1CCO)c1ccccc1. The zero-order valence-corrected chi connectivity index (χ0v) is 16.8. The Kier molecular flexibility index (Phi) is 8.04. The Bertz CT molecular complexity index is 704. The van der Waals surface area contributed by atoms with Crippen LogP contribution in [0.5, 0.6) is 0 Å². The first kappa shape index (κ1) is 21.0. The number of nitrogens with zero attached hydrogens (tertiary/aromatic N) is 1. The fraction of sp³-hybridized carbons (Fsp3) is 0.500. The third-order valence-corrected chi connectivity index (χ3v) is 5.69. The van der Waals surface area contributed by atoms with Gasteiger partial charge in [-0.1, -0.05) is 61.0 Å². The number of aliphatic hydroxyl groups excluding tert-OH is 2. The molecular weight excluding hydrogens is 350 g/mol. The molecule has 1 fully saturated rings. The summed E-state index contributed by atoms with van der Waals surface area (Å²) in [5.41, 5.74) is 3.42. The number of ether oxygens (including phenoxy) is 1. The number of hydrogen-bond acceptors (Lipinski definition) is 4. The second kappa shape index (κ2) is 10.7. The van der Waals surface area contributed by atoms with Gasteiger partial charge in [-0.15, -0.1) is 0 Å². The van der Waals surface area contributed by atoms with Gasteiger partial charge in [0.05, 0.1) is 12.7 Å². The van der Waals surface area contributed by atoms with Crippen LogP contribution in [0.4, 0.5) is 0 Å². The summed E-state index contributed by atoms with van der Waals surface area (Å²) in [7, 11) is 0. The fourth-order valence-corrected chi connectivity index (χ4v) is 4.18. The maximum Gasteiger partial charge on any atom is 0.108 e. The summed E-state index contributed by atoms with van der Waals surface area (Å²) in [5.74, 6) is 0. The molecule has 1 heterocycles. The van der Waals surface area contributed by atoms with E-state index in [2.05, 4.69) is 36.1 Å². The molecule has 0 aliphatic carbocycles. The van der Waals surface area contributed by atoms with E-state index < -0.39 is 6.10 Å². The number of rotatable bonds is 9. The van der Waals surface area contributed by atoms with Crippen molar-refractivity contribution in [2.24, 2.45) is 0 Å². The molecule has 2 aromatic rings. The number of likely N-dealkylation sites (tertiary alicyclic amines) is 1. The number of benzene rings is 2. The monoisotopic (exact) mass is 383 g/mol. The minimum atomic E-state index is -0.547. The van der Waals surface area contributed by atoms with Gasteiger partial charge in [-0.3, -0.25) is 4.90 Å². The lowest BCUT2D eigenvalue weighted by Gasteiger charge is -2.36. The third-order valence-electron chi connectivity index (χ3n) is 5.69. The molecule has 4 heteroatoms. The predicted octanol–water partition coefficient (Wildman–Crippen LogP) is 3.70. The second-order valence-electron chi connectivity index (χ2n) is 7.79. The molecule has 1 saturated heterocycles. The van der Waals surface area contributed by atoms with Crippen molar-refractivity contribution in [2.75, 3.05) is 26.3 Å². The number of β-amino-alcohol motifs (C(OH)–C–C–N with tert-alkyl or cyclic N) is 1. The highest BCUT2D eigenvalue weighted by molar-refractivity contribution is 5.35. The van der Waals surface area contributed by atoms with Gasteiger partial charge in [0.15, 0.2) is 0 Å². The molecule has 2 N–H and O–H groups in total. The van der Waals surface area contributed by atoms with Crippen molar-refractivity contribution in [3.8, 4) is 0 Å². The van der Waals surface area contributed by atoms with E-state index in [-0.39, 0.29) is 19.3 Å². The molecule has 0 amide bonds. The van der Waals surface area contributed by atoms with Gasteiger partial charge >= 0.3 is 0 Å². The van der Waals surface area contributed by atoms with Crippen molar-refractivity contribution >= 4 is 0 Å². The molecule has 28 heavy (non-hydrogen) atoms. The lowest BCUT2D eigenvalue weighted by Crippen LogP contribution is -2.45. The van der Waals surface area contributed by atoms with E-state index in [0.717, 1.165) is 36.9 Å². The molecule has 0 unspecified atom stereocenters. The first-order chi connectivity index (χ1) is 13.7. The van der Waals surface area contributed by atoms with Crippen LogP contribution in [-0.4, -0.2) is 53.6 Å². The Hall–Kier alpha value is -1.72. The van der Waals surface area contributed by atoms with Crippen LogP contribution in [0.1, 0.15) is 48.5 Å². The quantitative estimate of drug-likeness (QED) is 0.693. The van der Waals surface area contributed by atoms with Crippen molar-refractivity contribution in [3.05, 3.63) is 71.3 Å². The summed E-state index contributed by atoms with van der Waals surface area (Å²) in [6, 6.07) is 18.8. The van der Waals surface area contributed by atoms with Gasteiger partial charge in [0.25, 0.3) is 0 Å². The zero-order chi connectivity index (χ0) is 19.8. The van der Waals surface area contributed by atoms with Gasteiger partial charge in [-0.05, 0) is 49.4 Å². The normalized spacial score (nSPS) is 20.0. The molecule has 0 radical (unpaired) electrons. The molecular formula is C24H33NO3. The molecule has 3 atom stereocenters. The van der Waals surface area contributed by atoms with E-state index in [1.165, 1.54) is 12.0 Å². The number of hydrogen-bond donors (Lipinski definition) is 2. The lowest BCUT2D eigenvalue weighted by atomic mass is 9.97. The fourth-order valence-electron chi connectivity index (χ4n) is 4.18. The molecule has 0 bridgehead atoms. The largest absolute Gasteiger partial charge is 0.396 e. The van der Waals surface area contributed by atoms with Crippen LogP contribution < -0.4 is 0 Å². The van der Waals surface area contributed by atoms with Crippen molar-refractivity contribution < 1.29 is 14.9 Å². The summed E-state index contributed by atoms with van der Waals surface area (Å²) >= 11 is 0. The summed E-state index contributed by atoms with van der Waals surface area (Å²) in [4.78, 5) is 2.32. The second-order valence-corrected chi connectivity index (χ2v) is 7.79.